The third kappa shape index (κ3) is 4.07. The molecule has 1 fully saturated rings. The van der Waals surface area contributed by atoms with Gasteiger partial charge in [-0.1, -0.05) is 54.2 Å². The molecule has 7 heteroatoms. The van der Waals surface area contributed by atoms with E-state index >= 15 is 0 Å². The minimum atomic E-state index is -0.341. The van der Waals surface area contributed by atoms with E-state index < -0.39 is 0 Å². The molecule has 0 aromatic heterocycles. The molecule has 2 aliphatic heterocycles. The van der Waals surface area contributed by atoms with Crippen molar-refractivity contribution in [1.29, 1.82) is 0 Å². The standard InChI is InChI=1S/C26H22FN3OS2/c1-3-29-21-11-7-8-12-22(21)32-25(29)23-24(31)30(20-15-13-19(27)14-16-20)26(33-23)28-17(2)18-9-5-4-6-10-18/h4-17H,3H2,1-2H3. The van der Waals surface area contributed by atoms with Crippen LogP contribution in [0.1, 0.15) is 25.5 Å². The van der Waals surface area contributed by atoms with Crippen LogP contribution < -0.4 is 9.80 Å². The third-order valence-electron chi connectivity index (χ3n) is 5.57. The number of amides is 1. The Kier molecular flexibility index (Phi) is 6.00. The third-order valence-corrected chi connectivity index (χ3v) is 7.93. The van der Waals surface area contributed by atoms with E-state index in [-0.39, 0.29) is 17.8 Å². The fourth-order valence-electron chi connectivity index (χ4n) is 3.90. The molecule has 2 heterocycles. The van der Waals surface area contributed by atoms with Gasteiger partial charge in [0, 0.05) is 11.4 Å². The second kappa shape index (κ2) is 9.08. The highest BCUT2D eigenvalue weighted by Crippen LogP contribution is 2.51. The maximum absolute atomic E-state index is 13.8. The van der Waals surface area contributed by atoms with E-state index in [1.54, 1.807) is 28.8 Å². The molecule has 0 aliphatic carbocycles. The van der Waals surface area contributed by atoms with Gasteiger partial charge in [-0.05, 0) is 67.6 Å². The van der Waals surface area contributed by atoms with Crippen LogP contribution in [0.3, 0.4) is 0 Å². The van der Waals surface area contributed by atoms with Gasteiger partial charge in [0.1, 0.15) is 15.8 Å². The molecule has 3 aromatic rings. The van der Waals surface area contributed by atoms with Crippen LogP contribution in [0.2, 0.25) is 0 Å². The van der Waals surface area contributed by atoms with Crippen LogP contribution in [0.5, 0.6) is 0 Å². The number of carbonyl (C=O) groups is 1. The first-order valence-electron chi connectivity index (χ1n) is 10.8. The van der Waals surface area contributed by atoms with Crippen molar-refractivity contribution >= 4 is 46.0 Å². The van der Waals surface area contributed by atoms with Gasteiger partial charge in [-0.15, -0.1) is 0 Å². The molecule has 5 rings (SSSR count). The zero-order valence-corrected chi connectivity index (χ0v) is 19.9. The molecule has 1 atom stereocenters. The average Bonchev–Trinajstić information content (AvgIpc) is 3.37. The number of benzene rings is 3. The first-order chi connectivity index (χ1) is 16.1. The number of para-hydroxylation sites is 1. The summed E-state index contributed by atoms with van der Waals surface area (Å²) < 4.78 is 13.6. The molecule has 33 heavy (non-hydrogen) atoms. The number of fused-ring (bicyclic) bond motifs is 1. The van der Waals surface area contributed by atoms with Gasteiger partial charge in [-0.25, -0.2) is 4.39 Å². The highest BCUT2D eigenvalue weighted by Gasteiger charge is 2.40. The first kappa shape index (κ1) is 21.8. The Morgan fingerprint density at radius 1 is 0.939 bits per heavy atom. The summed E-state index contributed by atoms with van der Waals surface area (Å²) in [6.07, 6.45) is 0. The lowest BCUT2D eigenvalue weighted by molar-refractivity contribution is -0.113. The molecule has 0 radical (unpaired) electrons. The Morgan fingerprint density at radius 3 is 2.36 bits per heavy atom. The summed E-state index contributed by atoms with van der Waals surface area (Å²) in [6.45, 7) is 4.84. The summed E-state index contributed by atoms with van der Waals surface area (Å²) in [5, 5.41) is 1.51. The van der Waals surface area contributed by atoms with Crippen LogP contribution >= 0.6 is 23.5 Å². The van der Waals surface area contributed by atoms with Crippen molar-refractivity contribution in [3.8, 4) is 0 Å². The Bertz CT molecular complexity index is 1260. The predicted molar refractivity (Wildman–Crippen MR) is 136 cm³/mol. The summed E-state index contributed by atoms with van der Waals surface area (Å²) in [5.41, 5.74) is 2.78. The lowest BCUT2D eigenvalue weighted by atomic mass is 10.1. The van der Waals surface area contributed by atoms with E-state index in [2.05, 4.69) is 24.0 Å². The SMILES string of the molecule is CCN1C(=C2SC(=NC(C)c3ccccc3)N(c3ccc(F)cc3)C2=O)Sc2ccccc21. The van der Waals surface area contributed by atoms with Gasteiger partial charge in [-0.2, -0.15) is 0 Å². The normalized spacial score (nSPS) is 20.0. The van der Waals surface area contributed by atoms with E-state index in [1.165, 1.54) is 23.9 Å². The Labute approximate surface area is 201 Å². The predicted octanol–water partition coefficient (Wildman–Crippen LogP) is 6.82. The summed E-state index contributed by atoms with van der Waals surface area (Å²) in [6, 6.07) is 24.0. The van der Waals surface area contributed by atoms with E-state index in [4.69, 9.17) is 4.99 Å². The molecule has 1 unspecified atom stereocenters. The lowest BCUT2D eigenvalue weighted by Crippen LogP contribution is -2.30. The number of halogens is 1. The number of nitrogens with zero attached hydrogens (tertiary/aromatic N) is 3. The number of aliphatic imine (C=N–C) groups is 1. The van der Waals surface area contributed by atoms with Crippen molar-refractivity contribution < 1.29 is 9.18 Å². The maximum Gasteiger partial charge on any atom is 0.274 e. The second-order valence-corrected chi connectivity index (χ2v) is 9.67. The molecule has 2 aliphatic rings. The van der Waals surface area contributed by atoms with Crippen molar-refractivity contribution in [2.24, 2.45) is 4.99 Å². The summed E-state index contributed by atoms with van der Waals surface area (Å²) in [7, 11) is 0. The molecule has 1 amide bonds. The minimum absolute atomic E-state index is 0.135. The van der Waals surface area contributed by atoms with E-state index in [1.807, 2.05) is 49.4 Å². The molecule has 0 spiro atoms. The minimum Gasteiger partial charge on any atom is -0.334 e. The maximum atomic E-state index is 13.8. The molecule has 4 nitrogen and oxygen atoms in total. The van der Waals surface area contributed by atoms with Gasteiger partial charge < -0.3 is 4.90 Å². The van der Waals surface area contributed by atoms with Crippen LogP contribution in [-0.4, -0.2) is 17.6 Å². The van der Waals surface area contributed by atoms with Gasteiger partial charge in [0.05, 0.1) is 17.4 Å². The van der Waals surface area contributed by atoms with Crippen LogP contribution in [-0.2, 0) is 4.79 Å². The van der Waals surface area contributed by atoms with Gasteiger partial charge in [0.2, 0.25) is 0 Å². The Balaban J connectivity index is 1.60. The van der Waals surface area contributed by atoms with Gasteiger partial charge in [-0.3, -0.25) is 14.7 Å². The highest BCUT2D eigenvalue weighted by atomic mass is 32.2. The fraction of sp³-hybridized carbons (Fsp3) is 0.154. The van der Waals surface area contributed by atoms with Crippen LogP contribution in [0.25, 0.3) is 0 Å². The number of anilines is 2. The fourth-order valence-corrected chi connectivity index (χ4v) is 6.35. The summed E-state index contributed by atoms with van der Waals surface area (Å²) in [4.78, 5) is 24.2. The van der Waals surface area contributed by atoms with Crippen LogP contribution in [0.4, 0.5) is 15.8 Å². The van der Waals surface area contributed by atoms with E-state index in [0.717, 1.165) is 27.7 Å². The molecule has 0 N–H and O–H groups in total. The van der Waals surface area contributed by atoms with Gasteiger partial charge in [0.15, 0.2) is 5.17 Å². The van der Waals surface area contributed by atoms with Crippen molar-refractivity contribution in [3.63, 3.8) is 0 Å². The van der Waals surface area contributed by atoms with Crippen LogP contribution in [0, 0.1) is 5.82 Å². The zero-order chi connectivity index (χ0) is 22.9. The number of hydrogen-bond acceptors (Lipinski definition) is 5. The summed E-state index contributed by atoms with van der Waals surface area (Å²) >= 11 is 2.99. The molecule has 0 bridgehead atoms. The van der Waals surface area contributed by atoms with Crippen molar-refractivity contribution in [1.82, 2.24) is 0 Å². The summed E-state index contributed by atoms with van der Waals surface area (Å²) in [5.74, 6) is -0.480. The smallest absolute Gasteiger partial charge is 0.274 e. The molecular weight excluding hydrogens is 453 g/mol. The molecule has 3 aromatic carbocycles. The number of rotatable bonds is 4. The topological polar surface area (TPSA) is 35.9 Å². The van der Waals surface area contributed by atoms with Crippen molar-refractivity contribution in [2.45, 2.75) is 24.8 Å². The lowest BCUT2D eigenvalue weighted by Gasteiger charge is -2.19. The number of carbonyl (C=O) groups excluding carboxylic acids is 1. The molecule has 1 saturated heterocycles. The largest absolute Gasteiger partial charge is 0.334 e. The van der Waals surface area contributed by atoms with Gasteiger partial charge >= 0.3 is 0 Å². The number of hydrogen-bond donors (Lipinski definition) is 0. The number of thioether (sulfide) groups is 2. The van der Waals surface area contributed by atoms with Crippen molar-refractivity contribution in [2.75, 3.05) is 16.3 Å². The van der Waals surface area contributed by atoms with Crippen molar-refractivity contribution in [3.05, 3.63) is 100 Å². The van der Waals surface area contributed by atoms with E-state index in [9.17, 15) is 9.18 Å². The second-order valence-electron chi connectivity index (χ2n) is 7.67. The Hall–Kier alpha value is -3.03. The zero-order valence-electron chi connectivity index (χ0n) is 18.2. The van der Waals surface area contributed by atoms with Gasteiger partial charge in [0.25, 0.3) is 5.91 Å². The first-order valence-corrected chi connectivity index (χ1v) is 12.4. The molecule has 166 valence electrons. The Morgan fingerprint density at radius 2 is 1.64 bits per heavy atom. The van der Waals surface area contributed by atoms with Crippen LogP contribution in [0.15, 0.2) is 98.7 Å². The molecular formula is C26H22FN3OS2. The van der Waals surface area contributed by atoms with E-state index in [0.29, 0.717) is 15.8 Å². The highest BCUT2D eigenvalue weighted by molar-refractivity contribution is 8.20. The number of amidine groups is 1. The average molecular weight is 476 g/mol. The quantitative estimate of drug-likeness (QED) is 0.388. The monoisotopic (exact) mass is 475 g/mol. The molecule has 0 saturated carbocycles.